The minimum atomic E-state index is -4.54. The molecule has 3 amide bonds. The Morgan fingerprint density at radius 3 is 2.32 bits per heavy atom. The number of carbonyl (C=O) groups is 2. The Morgan fingerprint density at radius 1 is 1.05 bits per heavy atom. The van der Waals surface area contributed by atoms with Gasteiger partial charge >= 0.3 is 12.2 Å². The molecule has 14 heteroatoms. The van der Waals surface area contributed by atoms with Crippen molar-refractivity contribution in [2.75, 3.05) is 29.4 Å². The molecule has 0 bridgehead atoms. The third kappa shape index (κ3) is 4.13. The van der Waals surface area contributed by atoms with Crippen molar-refractivity contribution in [2.45, 2.75) is 44.5 Å². The van der Waals surface area contributed by atoms with Crippen molar-refractivity contribution in [1.29, 1.82) is 0 Å². The summed E-state index contributed by atoms with van der Waals surface area (Å²) in [5.74, 6) is -0.0620. The lowest BCUT2D eigenvalue weighted by Crippen LogP contribution is -2.56. The molecule has 0 radical (unpaired) electrons. The molecule has 2 aliphatic rings. The van der Waals surface area contributed by atoms with E-state index < -0.39 is 42.2 Å². The zero-order valence-electron chi connectivity index (χ0n) is 19.6. The maximum atomic E-state index is 13.6. The molecule has 0 aliphatic carbocycles. The SMILES string of the molecule is CCN1C(=O)N(c2ccc(C(F)(F)F)cc2)C(=O)C12CCN(c1cnc3cnn(CC(F)F)c3n1)CC2. The molecule has 0 unspecified atom stereocenters. The Balaban J connectivity index is 1.38. The van der Waals surface area contributed by atoms with E-state index in [1.165, 1.54) is 17.3 Å². The van der Waals surface area contributed by atoms with Crippen LogP contribution in [0.3, 0.4) is 0 Å². The highest BCUT2D eigenvalue weighted by atomic mass is 19.4. The number of rotatable bonds is 5. The van der Waals surface area contributed by atoms with Crippen LogP contribution >= 0.6 is 0 Å². The number of hydrogen-bond acceptors (Lipinski definition) is 6. The topological polar surface area (TPSA) is 87.5 Å². The zero-order valence-corrected chi connectivity index (χ0v) is 19.6. The normalized spacial score (nSPS) is 18.2. The molecule has 2 aliphatic heterocycles. The van der Waals surface area contributed by atoms with Gasteiger partial charge in [-0.25, -0.2) is 33.1 Å². The average Bonchev–Trinajstić information content (AvgIpc) is 3.34. The number of urea groups is 1. The van der Waals surface area contributed by atoms with Gasteiger partial charge < -0.3 is 9.80 Å². The van der Waals surface area contributed by atoms with Crippen LogP contribution in [0.15, 0.2) is 36.7 Å². The summed E-state index contributed by atoms with van der Waals surface area (Å²) in [6.07, 6.45) is -3.79. The van der Waals surface area contributed by atoms with Crippen LogP contribution in [0.25, 0.3) is 11.2 Å². The summed E-state index contributed by atoms with van der Waals surface area (Å²) in [4.78, 5) is 39.7. The number of likely N-dealkylation sites (N-methyl/N-ethyl adjacent to an activating group) is 1. The van der Waals surface area contributed by atoms with E-state index in [4.69, 9.17) is 0 Å². The van der Waals surface area contributed by atoms with Gasteiger partial charge in [0.05, 0.1) is 23.6 Å². The van der Waals surface area contributed by atoms with Gasteiger partial charge in [-0.05, 0) is 44.0 Å². The highest BCUT2D eigenvalue weighted by Gasteiger charge is 2.58. The van der Waals surface area contributed by atoms with Crippen LogP contribution in [0.4, 0.5) is 38.3 Å². The number of piperidine rings is 1. The number of fused-ring (bicyclic) bond motifs is 1. The quantitative estimate of drug-likeness (QED) is 0.372. The first-order chi connectivity index (χ1) is 17.5. The Kier molecular flexibility index (Phi) is 5.99. The lowest BCUT2D eigenvalue weighted by atomic mass is 9.85. The Labute approximate surface area is 207 Å². The molecule has 0 atom stereocenters. The third-order valence-electron chi connectivity index (χ3n) is 6.87. The molecule has 1 spiro atoms. The Morgan fingerprint density at radius 2 is 1.73 bits per heavy atom. The molecule has 2 saturated heterocycles. The number of benzene rings is 1. The number of anilines is 2. The van der Waals surface area contributed by atoms with Gasteiger partial charge in [-0.2, -0.15) is 18.3 Å². The van der Waals surface area contributed by atoms with Crippen LogP contribution in [-0.2, 0) is 17.5 Å². The van der Waals surface area contributed by atoms with Crippen molar-refractivity contribution >= 4 is 34.6 Å². The van der Waals surface area contributed by atoms with Crippen molar-refractivity contribution in [3.05, 3.63) is 42.2 Å². The van der Waals surface area contributed by atoms with Crippen molar-refractivity contribution in [1.82, 2.24) is 24.6 Å². The number of alkyl halides is 5. The molecule has 196 valence electrons. The average molecular weight is 523 g/mol. The van der Waals surface area contributed by atoms with E-state index in [2.05, 4.69) is 15.1 Å². The van der Waals surface area contributed by atoms with E-state index in [-0.39, 0.29) is 30.7 Å². The fraction of sp³-hybridized carbons (Fsp3) is 0.435. The summed E-state index contributed by atoms with van der Waals surface area (Å²) >= 11 is 0. The standard InChI is InChI=1S/C23H22F5N7O2/c1-2-33-21(37)35(15-5-3-14(4-6-15)23(26,27)28)20(36)22(33)7-9-32(10-8-22)18-12-29-16-11-30-34(13-17(24)25)19(16)31-18/h3-6,11-12,17H,2,7-10,13H2,1H3. The second-order valence-corrected chi connectivity index (χ2v) is 8.89. The smallest absolute Gasteiger partial charge is 0.355 e. The van der Waals surface area contributed by atoms with Crippen molar-refractivity contribution in [3.8, 4) is 0 Å². The predicted molar refractivity (Wildman–Crippen MR) is 122 cm³/mol. The minimum Gasteiger partial charge on any atom is -0.355 e. The summed E-state index contributed by atoms with van der Waals surface area (Å²) in [5, 5.41) is 3.91. The van der Waals surface area contributed by atoms with Crippen LogP contribution in [0.1, 0.15) is 25.3 Å². The van der Waals surface area contributed by atoms with E-state index in [0.29, 0.717) is 24.4 Å². The second-order valence-electron chi connectivity index (χ2n) is 8.89. The number of hydrogen-bond donors (Lipinski definition) is 0. The predicted octanol–water partition coefficient (Wildman–Crippen LogP) is 3.94. The van der Waals surface area contributed by atoms with Gasteiger partial charge in [0.2, 0.25) is 0 Å². The highest BCUT2D eigenvalue weighted by Crippen LogP contribution is 2.40. The maximum absolute atomic E-state index is 13.6. The monoisotopic (exact) mass is 523 g/mol. The van der Waals surface area contributed by atoms with Gasteiger partial charge in [0.1, 0.15) is 23.4 Å². The first-order valence-electron chi connectivity index (χ1n) is 11.6. The molecule has 9 nitrogen and oxygen atoms in total. The summed E-state index contributed by atoms with van der Waals surface area (Å²) in [6, 6.07) is 3.33. The molecule has 2 fully saturated rings. The van der Waals surface area contributed by atoms with Gasteiger partial charge in [-0.3, -0.25) is 4.79 Å². The number of halogens is 5. The fourth-order valence-electron chi connectivity index (χ4n) is 5.03. The number of imide groups is 1. The molecule has 2 aromatic heterocycles. The molecule has 5 rings (SSSR count). The van der Waals surface area contributed by atoms with Crippen LogP contribution in [0.2, 0.25) is 0 Å². The number of carbonyl (C=O) groups excluding carboxylic acids is 2. The lowest BCUT2D eigenvalue weighted by Gasteiger charge is -2.42. The molecule has 37 heavy (non-hydrogen) atoms. The van der Waals surface area contributed by atoms with Crippen LogP contribution < -0.4 is 9.80 Å². The van der Waals surface area contributed by atoms with Crippen molar-refractivity contribution in [3.63, 3.8) is 0 Å². The van der Waals surface area contributed by atoms with E-state index in [9.17, 15) is 31.5 Å². The van der Waals surface area contributed by atoms with Gasteiger partial charge in [0, 0.05) is 19.6 Å². The van der Waals surface area contributed by atoms with Crippen LogP contribution in [0, 0.1) is 0 Å². The van der Waals surface area contributed by atoms with E-state index >= 15 is 0 Å². The van der Waals surface area contributed by atoms with Gasteiger partial charge in [0.15, 0.2) is 5.65 Å². The number of aromatic nitrogens is 4. The Bertz CT molecular complexity index is 1330. The largest absolute Gasteiger partial charge is 0.416 e. The second kappa shape index (κ2) is 8.92. The van der Waals surface area contributed by atoms with E-state index in [1.54, 1.807) is 6.92 Å². The summed E-state index contributed by atoms with van der Waals surface area (Å²) < 4.78 is 65.7. The molecular weight excluding hydrogens is 501 g/mol. The molecule has 4 heterocycles. The first-order valence-corrected chi connectivity index (χ1v) is 11.6. The first kappa shape index (κ1) is 24.8. The summed E-state index contributed by atoms with van der Waals surface area (Å²) in [6.45, 7) is 1.99. The van der Waals surface area contributed by atoms with Gasteiger partial charge in [-0.15, -0.1) is 0 Å². The molecule has 3 aromatic rings. The number of amides is 3. The minimum absolute atomic E-state index is 0.0735. The lowest BCUT2D eigenvalue weighted by molar-refractivity contribution is -0.137. The number of nitrogens with zero attached hydrogens (tertiary/aromatic N) is 7. The van der Waals surface area contributed by atoms with Crippen LogP contribution in [-0.4, -0.2) is 68.2 Å². The van der Waals surface area contributed by atoms with Crippen molar-refractivity contribution < 1.29 is 31.5 Å². The van der Waals surface area contributed by atoms with Gasteiger partial charge in [-0.1, -0.05) is 0 Å². The Hall–Kier alpha value is -3.84. The third-order valence-corrected chi connectivity index (χ3v) is 6.87. The highest BCUT2D eigenvalue weighted by molar-refractivity contribution is 6.23. The maximum Gasteiger partial charge on any atom is 0.416 e. The van der Waals surface area contributed by atoms with E-state index in [0.717, 1.165) is 33.8 Å². The van der Waals surface area contributed by atoms with Gasteiger partial charge in [0.25, 0.3) is 12.3 Å². The summed E-state index contributed by atoms with van der Waals surface area (Å²) in [5.41, 5.74) is -1.37. The van der Waals surface area contributed by atoms with Crippen LogP contribution in [0.5, 0.6) is 0 Å². The van der Waals surface area contributed by atoms with Crippen molar-refractivity contribution in [2.24, 2.45) is 0 Å². The fourth-order valence-corrected chi connectivity index (χ4v) is 5.03. The summed E-state index contributed by atoms with van der Waals surface area (Å²) in [7, 11) is 0. The van der Waals surface area contributed by atoms with E-state index in [1.807, 2.05) is 4.90 Å². The molecule has 1 aromatic carbocycles. The molecular formula is C23H22F5N7O2. The zero-order chi connectivity index (χ0) is 26.5. The molecule has 0 N–H and O–H groups in total. The molecule has 0 saturated carbocycles.